The molecule has 0 radical (unpaired) electrons. The van der Waals surface area contributed by atoms with Crippen LogP contribution in [-0.4, -0.2) is 18.6 Å². The van der Waals surface area contributed by atoms with Crippen LogP contribution in [-0.2, 0) is 0 Å². The maximum absolute atomic E-state index is 9.75. The van der Waals surface area contributed by atoms with Crippen molar-refractivity contribution in [2.24, 2.45) is 0 Å². The van der Waals surface area contributed by atoms with Gasteiger partial charge in [-0.1, -0.05) is 26.0 Å². The summed E-state index contributed by atoms with van der Waals surface area (Å²) < 4.78 is 39.0. The molecule has 25 heavy (non-hydrogen) atoms. The van der Waals surface area contributed by atoms with Gasteiger partial charge in [0.15, 0.2) is 0 Å². The van der Waals surface area contributed by atoms with E-state index in [1.54, 1.807) is 5.30 Å². The van der Waals surface area contributed by atoms with Crippen LogP contribution in [0.15, 0.2) is 24.3 Å². The van der Waals surface area contributed by atoms with Gasteiger partial charge in [0.05, 0.1) is 16.6 Å². The van der Waals surface area contributed by atoms with Gasteiger partial charge >= 0.3 is 7.25 Å². The third-order valence-corrected chi connectivity index (χ3v) is 9.41. The molecule has 1 aromatic rings. The van der Waals surface area contributed by atoms with Crippen molar-refractivity contribution in [3.63, 3.8) is 0 Å². The summed E-state index contributed by atoms with van der Waals surface area (Å²) in [6, 6.07) is 9.82. The fourth-order valence-electron chi connectivity index (χ4n) is 4.34. The highest BCUT2D eigenvalue weighted by molar-refractivity contribution is 7.67. The lowest BCUT2D eigenvalue weighted by atomic mass is 10.0. The highest BCUT2D eigenvalue weighted by atomic mass is 31.1. The maximum atomic E-state index is 9.75. The Bertz CT molecular complexity index is 481. The van der Waals surface area contributed by atoms with Gasteiger partial charge < -0.3 is 17.3 Å². The Hall–Kier alpha value is -0.565. The van der Waals surface area contributed by atoms with E-state index in [1.165, 1.54) is 56.9 Å². The molecule has 2 aliphatic rings. The quantitative estimate of drug-likeness (QED) is 0.307. The summed E-state index contributed by atoms with van der Waals surface area (Å²) in [6.07, 6.45) is 12.1. The number of hydrogen-bond donors (Lipinski definition) is 0. The molecule has 3 rings (SSSR count). The van der Waals surface area contributed by atoms with E-state index in [2.05, 4.69) is 38.1 Å². The van der Waals surface area contributed by atoms with Crippen LogP contribution < -0.4 is 5.30 Å². The first-order valence-corrected chi connectivity index (χ1v) is 11.3. The molecular formula is C19H30BF4P. The fraction of sp³-hybridized carbons (Fsp3) is 0.684. The minimum Gasteiger partial charge on any atom is -0.418 e. The van der Waals surface area contributed by atoms with E-state index in [0.29, 0.717) is 5.92 Å². The highest BCUT2D eigenvalue weighted by Crippen LogP contribution is 2.56. The predicted octanol–water partition coefficient (Wildman–Crippen LogP) is 6.83. The van der Waals surface area contributed by atoms with Crippen LogP contribution in [0.2, 0.25) is 0 Å². The summed E-state index contributed by atoms with van der Waals surface area (Å²) in [5.41, 5.74) is 3.66. The molecule has 0 spiro atoms. The third-order valence-electron chi connectivity index (χ3n) is 5.50. The summed E-state index contributed by atoms with van der Waals surface area (Å²) >= 11 is 0. The normalized spacial score (nSPS) is 19.5. The van der Waals surface area contributed by atoms with Crippen LogP contribution >= 0.6 is 7.92 Å². The zero-order valence-electron chi connectivity index (χ0n) is 15.3. The molecular weight excluding hydrogens is 346 g/mol. The summed E-state index contributed by atoms with van der Waals surface area (Å²) in [4.78, 5) is 0. The zero-order chi connectivity index (χ0) is 18.4. The van der Waals surface area contributed by atoms with E-state index in [0.717, 1.165) is 11.3 Å². The third kappa shape index (κ3) is 6.92. The Labute approximate surface area is 150 Å². The highest BCUT2D eigenvalue weighted by Gasteiger charge is 2.40. The van der Waals surface area contributed by atoms with Crippen LogP contribution in [0, 0.1) is 0 Å². The van der Waals surface area contributed by atoms with Crippen LogP contribution in [0.3, 0.4) is 0 Å². The second-order valence-corrected chi connectivity index (χ2v) is 10.8. The first-order valence-electron chi connectivity index (χ1n) is 9.60. The lowest BCUT2D eigenvalue weighted by molar-refractivity contribution is 0.368. The van der Waals surface area contributed by atoms with E-state index in [-0.39, 0.29) is 7.92 Å². The molecule has 142 valence electrons. The molecule has 0 nitrogen and oxygen atoms in total. The van der Waals surface area contributed by atoms with E-state index >= 15 is 0 Å². The van der Waals surface area contributed by atoms with Crippen molar-refractivity contribution >= 4 is 20.5 Å². The molecule has 0 aliphatic heterocycles. The molecule has 6 heteroatoms. The second-order valence-electron chi connectivity index (χ2n) is 7.69. The molecule has 0 aromatic heterocycles. The minimum absolute atomic E-state index is 0.319. The Morgan fingerprint density at radius 3 is 1.48 bits per heavy atom. The van der Waals surface area contributed by atoms with E-state index in [9.17, 15) is 17.3 Å². The number of benzene rings is 1. The minimum atomic E-state index is -6.00. The van der Waals surface area contributed by atoms with Crippen LogP contribution in [0.25, 0.3) is 0 Å². The van der Waals surface area contributed by atoms with Gasteiger partial charge in [0.2, 0.25) is 0 Å². The average Bonchev–Trinajstić information content (AvgIpc) is 3.20. The van der Waals surface area contributed by atoms with Gasteiger partial charge in [-0.15, -0.1) is 0 Å². The molecule has 0 unspecified atom stereocenters. The van der Waals surface area contributed by atoms with E-state index in [4.69, 9.17) is 0 Å². The van der Waals surface area contributed by atoms with Crippen molar-refractivity contribution in [3.8, 4) is 0 Å². The Morgan fingerprint density at radius 2 is 1.16 bits per heavy atom. The molecule has 1 aromatic carbocycles. The number of halogens is 4. The molecule has 2 saturated carbocycles. The summed E-state index contributed by atoms with van der Waals surface area (Å²) in [6.45, 7) is 4.60. The smallest absolute Gasteiger partial charge is 0.418 e. The van der Waals surface area contributed by atoms with E-state index < -0.39 is 7.25 Å². The van der Waals surface area contributed by atoms with Crippen molar-refractivity contribution in [3.05, 3.63) is 29.8 Å². The van der Waals surface area contributed by atoms with Crippen LogP contribution in [0.5, 0.6) is 0 Å². The fourth-order valence-corrected chi connectivity index (χ4v) is 8.56. The second kappa shape index (κ2) is 9.39. The largest absolute Gasteiger partial charge is 0.673 e. The average molecular weight is 376 g/mol. The lowest BCUT2D eigenvalue weighted by Gasteiger charge is -2.23. The van der Waals surface area contributed by atoms with Crippen molar-refractivity contribution in [1.82, 2.24) is 0 Å². The van der Waals surface area contributed by atoms with Crippen LogP contribution in [0.1, 0.15) is 76.7 Å². The SMILES string of the molecule is CC(C)c1ccc([PH+](C2CCCC2)C2CCCC2)cc1.F[B-](F)(F)F. The Balaban J connectivity index is 0.000000399. The van der Waals surface area contributed by atoms with Gasteiger partial charge in [-0.3, -0.25) is 0 Å². The maximum Gasteiger partial charge on any atom is 0.673 e. The van der Waals surface area contributed by atoms with Gasteiger partial charge in [0.25, 0.3) is 0 Å². The molecule has 0 heterocycles. The summed E-state index contributed by atoms with van der Waals surface area (Å²) in [7, 11) is -6.32. The summed E-state index contributed by atoms with van der Waals surface area (Å²) in [5.74, 6) is 0.665. The van der Waals surface area contributed by atoms with Gasteiger partial charge in [-0.25, -0.2) is 0 Å². The molecule has 0 saturated heterocycles. The molecule has 0 N–H and O–H groups in total. The molecule has 0 atom stereocenters. The van der Waals surface area contributed by atoms with Gasteiger partial charge in [0, 0.05) is 7.92 Å². The monoisotopic (exact) mass is 376 g/mol. The molecule has 0 bridgehead atoms. The molecule has 0 amide bonds. The summed E-state index contributed by atoms with van der Waals surface area (Å²) in [5, 5.41) is 1.75. The van der Waals surface area contributed by atoms with Crippen molar-refractivity contribution in [2.45, 2.75) is 82.4 Å². The standard InChI is InChI=1S/C19H29P.BF4/c1-15(2)16-11-13-19(14-12-16)20(17-7-3-4-8-17)18-9-5-6-10-18;2-1(3,4)5/h11-15,17-18H,3-10H2,1-2H3;/q;-1/p+1. The van der Waals surface area contributed by atoms with Crippen molar-refractivity contribution < 1.29 is 17.3 Å². The first-order chi connectivity index (χ1) is 11.8. The first kappa shape index (κ1) is 20.7. The number of hydrogen-bond acceptors (Lipinski definition) is 0. The van der Waals surface area contributed by atoms with Gasteiger partial charge in [-0.05, 0) is 75.0 Å². The van der Waals surface area contributed by atoms with E-state index in [1.807, 2.05) is 0 Å². The predicted molar refractivity (Wildman–Crippen MR) is 103 cm³/mol. The number of rotatable bonds is 4. The molecule has 2 aliphatic carbocycles. The van der Waals surface area contributed by atoms with Crippen molar-refractivity contribution in [1.29, 1.82) is 0 Å². The van der Waals surface area contributed by atoms with Crippen molar-refractivity contribution in [2.75, 3.05) is 0 Å². The lowest BCUT2D eigenvalue weighted by Crippen LogP contribution is -2.19. The molecule has 2 fully saturated rings. The van der Waals surface area contributed by atoms with Crippen LogP contribution in [0.4, 0.5) is 17.3 Å². The van der Waals surface area contributed by atoms with Gasteiger partial charge in [0.1, 0.15) is 0 Å². The topological polar surface area (TPSA) is 0 Å². The Morgan fingerprint density at radius 1 is 0.800 bits per heavy atom. The van der Waals surface area contributed by atoms with Gasteiger partial charge in [-0.2, -0.15) is 0 Å². The zero-order valence-corrected chi connectivity index (χ0v) is 16.3. The Kier molecular flexibility index (Phi) is 7.79.